The molecule has 0 amide bonds. The zero-order valence-electron chi connectivity index (χ0n) is 19.2. The molecule has 0 aliphatic carbocycles. The van der Waals surface area contributed by atoms with E-state index < -0.39 is 24.0 Å². The molecule has 2 aliphatic heterocycles. The number of hydrogen-bond donors (Lipinski definition) is 1. The van der Waals surface area contributed by atoms with Gasteiger partial charge in [0, 0.05) is 19.2 Å². The molecule has 0 spiro atoms. The molecule has 1 unspecified atom stereocenters. The lowest BCUT2D eigenvalue weighted by Crippen LogP contribution is -2.46. The van der Waals surface area contributed by atoms with Crippen LogP contribution in [0, 0.1) is 0 Å². The summed E-state index contributed by atoms with van der Waals surface area (Å²) in [4.78, 5) is 12.0. The van der Waals surface area contributed by atoms with Crippen molar-refractivity contribution >= 4 is 5.82 Å². The summed E-state index contributed by atoms with van der Waals surface area (Å²) < 4.78 is 44.4. The Morgan fingerprint density at radius 2 is 1.97 bits per heavy atom. The highest BCUT2D eigenvalue weighted by atomic mass is 19.4. The van der Waals surface area contributed by atoms with Gasteiger partial charge in [-0.15, -0.1) is 0 Å². The quantitative estimate of drug-likeness (QED) is 0.651. The third-order valence-electron chi connectivity index (χ3n) is 6.17. The third kappa shape index (κ3) is 5.68. The maximum absolute atomic E-state index is 12.7. The SMILES string of the molecule is C/C=C(\C=C/CC)C1CN(c2cc(C3(O)CCN(CC(F)(F)F)CC3)ncn2)C(C)(C)O1. The van der Waals surface area contributed by atoms with Crippen LogP contribution in [0.4, 0.5) is 19.0 Å². The number of rotatable bonds is 6. The van der Waals surface area contributed by atoms with Gasteiger partial charge in [0.05, 0.1) is 18.8 Å². The first kappa shape index (κ1) is 24.7. The highest BCUT2D eigenvalue weighted by Gasteiger charge is 2.43. The largest absolute Gasteiger partial charge is 0.401 e. The molecule has 2 aliphatic rings. The van der Waals surface area contributed by atoms with Crippen LogP contribution in [0.2, 0.25) is 0 Å². The number of aromatic nitrogens is 2. The second-order valence-corrected chi connectivity index (χ2v) is 8.95. The highest BCUT2D eigenvalue weighted by Crippen LogP contribution is 2.37. The van der Waals surface area contributed by atoms with Crippen LogP contribution >= 0.6 is 0 Å². The standard InChI is InChI=1S/C23H33F3N4O2/c1-5-7-8-17(6-2)18-14-30(21(3,4)32-18)20-13-19(27-16-28-20)22(31)9-11-29(12-10-22)15-23(24,25)26/h6-8,13,16,18,31H,5,9-12,14-15H2,1-4H3/b8-7-,17-6+. The molecule has 1 aromatic heterocycles. The van der Waals surface area contributed by atoms with E-state index in [0.717, 1.165) is 12.0 Å². The molecule has 6 nitrogen and oxygen atoms in total. The van der Waals surface area contributed by atoms with E-state index in [4.69, 9.17) is 4.74 Å². The van der Waals surface area contributed by atoms with Gasteiger partial charge in [-0.3, -0.25) is 4.90 Å². The van der Waals surface area contributed by atoms with Gasteiger partial charge in [0.1, 0.15) is 29.6 Å². The molecule has 3 rings (SSSR count). The predicted molar refractivity (Wildman–Crippen MR) is 117 cm³/mol. The minimum absolute atomic E-state index is 0.120. The van der Waals surface area contributed by atoms with Crippen LogP contribution in [0.15, 0.2) is 36.2 Å². The summed E-state index contributed by atoms with van der Waals surface area (Å²) in [6.07, 6.45) is 4.56. The van der Waals surface area contributed by atoms with Crippen LogP contribution in [0.5, 0.6) is 0 Å². The van der Waals surface area contributed by atoms with E-state index in [-0.39, 0.29) is 32.0 Å². The maximum atomic E-state index is 12.7. The minimum Gasteiger partial charge on any atom is -0.383 e. The predicted octanol–water partition coefficient (Wildman–Crippen LogP) is 4.18. The second kappa shape index (κ2) is 9.49. The number of nitrogens with zero attached hydrogens (tertiary/aromatic N) is 4. The molecule has 2 fully saturated rings. The summed E-state index contributed by atoms with van der Waals surface area (Å²) >= 11 is 0. The number of alkyl halides is 3. The first-order valence-corrected chi connectivity index (χ1v) is 11.1. The monoisotopic (exact) mass is 454 g/mol. The fourth-order valence-corrected chi connectivity index (χ4v) is 4.36. The van der Waals surface area contributed by atoms with Gasteiger partial charge in [-0.05, 0) is 45.6 Å². The molecule has 9 heteroatoms. The van der Waals surface area contributed by atoms with Gasteiger partial charge in [0.25, 0.3) is 0 Å². The number of likely N-dealkylation sites (tertiary alicyclic amines) is 1. The number of piperidine rings is 1. The van der Waals surface area contributed by atoms with E-state index in [9.17, 15) is 18.3 Å². The molecule has 0 bridgehead atoms. The number of hydrogen-bond acceptors (Lipinski definition) is 6. The van der Waals surface area contributed by atoms with Gasteiger partial charge in [-0.2, -0.15) is 13.2 Å². The van der Waals surface area contributed by atoms with Crippen LogP contribution in [0.3, 0.4) is 0 Å². The molecule has 32 heavy (non-hydrogen) atoms. The molecule has 0 radical (unpaired) electrons. The van der Waals surface area contributed by atoms with E-state index >= 15 is 0 Å². The van der Waals surface area contributed by atoms with Gasteiger partial charge in [-0.25, -0.2) is 9.97 Å². The van der Waals surface area contributed by atoms with Crippen LogP contribution < -0.4 is 4.90 Å². The van der Waals surface area contributed by atoms with Crippen molar-refractivity contribution in [1.82, 2.24) is 14.9 Å². The van der Waals surface area contributed by atoms with E-state index in [0.29, 0.717) is 18.1 Å². The minimum atomic E-state index is -4.24. The van der Waals surface area contributed by atoms with Crippen molar-refractivity contribution in [3.05, 3.63) is 41.9 Å². The Morgan fingerprint density at radius 3 is 2.56 bits per heavy atom. The fourth-order valence-electron chi connectivity index (χ4n) is 4.36. The second-order valence-electron chi connectivity index (χ2n) is 8.95. The summed E-state index contributed by atoms with van der Waals surface area (Å²) in [5, 5.41) is 11.2. The highest BCUT2D eigenvalue weighted by molar-refractivity contribution is 5.45. The van der Waals surface area contributed by atoms with Crippen molar-refractivity contribution in [3.63, 3.8) is 0 Å². The normalized spacial score (nSPS) is 24.4. The lowest BCUT2D eigenvalue weighted by atomic mass is 9.88. The molecule has 1 atom stereocenters. The lowest BCUT2D eigenvalue weighted by molar-refractivity contribution is -0.155. The summed E-state index contributed by atoms with van der Waals surface area (Å²) in [7, 11) is 0. The molecule has 0 saturated carbocycles. The van der Waals surface area contributed by atoms with Crippen molar-refractivity contribution in [1.29, 1.82) is 0 Å². The summed E-state index contributed by atoms with van der Waals surface area (Å²) in [6, 6.07) is 1.74. The number of aliphatic hydroxyl groups is 1. The number of allylic oxidation sites excluding steroid dienone is 2. The molecular formula is C23H33F3N4O2. The topological polar surface area (TPSA) is 61.7 Å². The average Bonchev–Trinajstić information content (AvgIpc) is 3.04. The number of halogens is 3. The molecule has 178 valence electrons. The molecule has 3 heterocycles. The first-order valence-electron chi connectivity index (χ1n) is 11.1. The third-order valence-corrected chi connectivity index (χ3v) is 6.17. The van der Waals surface area contributed by atoms with E-state index in [1.165, 1.54) is 11.2 Å². The summed E-state index contributed by atoms with van der Waals surface area (Å²) in [5.74, 6) is 0.628. The Balaban J connectivity index is 1.76. The van der Waals surface area contributed by atoms with Crippen LogP contribution in [-0.4, -0.2) is 64.2 Å². The van der Waals surface area contributed by atoms with Gasteiger partial charge in [0.15, 0.2) is 0 Å². The Bertz CT molecular complexity index is 846. The molecule has 1 N–H and O–H groups in total. The molecule has 1 aromatic rings. The zero-order valence-corrected chi connectivity index (χ0v) is 19.2. The van der Waals surface area contributed by atoms with E-state index in [2.05, 4.69) is 29.0 Å². The molecule has 0 aromatic carbocycles. The van der Waals surface area contributed by atoms with Crippen molar-refractivity contribution in [3.8, 4) is 0 Å². The Hall–Kier alpha value is -1.97. The number of anilines is 1. The average molecular weight is 455 g/mol. The van der Waals surface area contributed by atoms with Crippen molar-refractivity contribution in [2.45, 2.75) is 70.6 Å². The number of ether oxygens (including phenoxy) is 1. The van der Waals surface area contributed by atoms with E-state index in [1.54, 1.807) is 6.07 Å². The van der Waals surface area contributed by atoms with Gasteiger partial charge in [-0.1, -0.05) is 25.2 Å². The Kier molecular flexibility index (Phi) is 7.31. The molecular weight excluding hydrogens is 421 g/mol. The smallest absolute Gasteiger partial charge is 0.383 e. The Labute approximate surface area is 187 Å². The van der Waals surface area contributed by atoms with Gasteiger partial charge in [0.2, 0.25) is 0 Å². The van der Waals surface area contributed by atoms with Crippen LogP contribution in [-0.2, 0) is 10.3 Å². The maximum Gasteiger partial charge on any atom is 0.401 e. The lowest BCUT2D eigenvalue weighted by Gasteiger charge is -2.38. The van der Waals surface area contributed by atoms with Crippen LogP contribution in [0.25, 0.3) is 0 Å². The van der Waals surface area contributed by atoms with Crippen molar-refractivity contribution in [2.75, 3.05) is 31.1 Å². The van der Waals surface area contributed by atoms with Crippen molar-refractivity contribution < 1.29 is 23.0 Å². The van der Waals surface area contributed by atoms with Gasteiger partial charge >= 0.3 is 6.18 Å². The first-order chi connectivity index (χ1) is 15.0. The van der Waals surface area contributed by atoms with E-state index in [1.807, 2.05) is 31.7 Å². The summed E-state index contributed by atoms with van der Waals surface area (Å²) in [6.45, 7) is 7.95. The van der Waals surface area contributed by atoms with Crippen LogP contribution in [0.1, 0.15) is 52.7 Å². The van der Waals surface area contributed by atoms with Gasteiger partial charge < -0.3 is 14.7 Å². The summed E-state index contributed by atoms with van der Waals surface area (Å²) in [5.41, 5.74) is -0.371. The van der Waals surface area contributed by atoms with Crippen molar-refractivity contribution in [2.24, 2.45) is 0 Å². The zero-order chi connectivity index (χ0) is 23.6. The Morgan fingerprint density at radius 1 is 1.28 bits per heavy atom. The molecule has 2 saturated heterocycles. The fraction of sp³-hybridized carbons (Fsp3) is 0.652.